The first-order chi connectivity index (χ1) is 12.1. The Morgan fingerprint density at radius 1 is 1.32 bits per heavy atom. The zero-order valence-electron chi connectivity index (χ0n) is 14.4. The van der Waals surface area contributed by atoms with Gasteiger partial charge in [0, 0.05) is 19.1 Å². The molecular weight excluding hydrogens is 330 g/mol. The third-order valence-corrected chi connectivity index (χ3v) is 5.67. The van der Waals surface area contributed by atoms with Crippen LogP contribution in [0.4, 0.5) is 4.79 Å². The monoisotopic (exact) mass is 353 g/mol. The summed E-state index contributed by atoms with van der Waals surface area (Å²) in [6.45, 7) is 3.25. The molecule has 0 bridgehead atoms. The van der Waals surface area contributed by atoms with E-state index in [0.29, 0.717) is 25.9 Å². The van der Waals surface area contributed by atoms with Gasteiger partial charge in [0.05, 0.1) is 11.5 Å². The van der Waals surface area contributed by atoms with Gasteiger partial charge in [-0.2, -0.15) is 16.6 Å². The van der Waals surface area contributed by atoms with E-state index >= 15 is 0 Å². The fraction of sp³-hybridized carbons (Fsp3) is 0.400. The van der Waals surface area contributed by atoms with Gasteiger partial charge in [-0.3, -0.25) is 0 Å². The number of carbonyl (C=O) groups is 1. The van der Waals surface area contributed by atoms with Crippen LogP contribution in [0.25, 0.3) is 0 Å². The van der Waals surface area contributed by atoms with Gasteiger partial charge >= 0.3 is 6.03 Å². The Bertz CT molecular complexity index is 728. The molecule has 130 valence electrons. The van der Waals surface area contributed by atoms with Crippen LogP contribution in [0.2, 0.25) is 0 Å². The second-order valence-corrected chi connectivity index (χ2v) is 7.51. The van der Waals surface area contributed by atoms with E-state index in [1.165, 1.54) is 5.56 Å². The number of piperidine rings is 1. The summed E-state index contributed by atoms with van der Waals surface area (Å²) < 4.78 is 0. The van der Waals surface area contributed by atoms with E-state index in [2.05, 4.69) is 28.2 Å². The van der Waals surface area contributed by atoms with Crippen molar-refractivity contribution >= 4 is 17.4 Å². The Labute approximate surface area is 153 Å². The average molecular weight is 353 g/mol. The molecule has 3 rings (SSSR count). The highest BCUT2D eigenvalue weighted by molar-refractivity contribution is 7.07. The number of rotatable bonds is 4. The van der Waals surface area contributed by atoms with E-state index in [0.717, 1.165) is 12.0 Å². The van der Waals surface area contributed by atoms with Crippen molar-refractivity contribution in [3.8, 4) is 6.07 Å². The molecule has 0 radical (unpaired) electrons. The van der Waals surface area contributed by atoms with E-state index in [1.807, 2.05) is 42.2 Å². The van der Waals surface area contributed by atoms with Crippen LogP contribution < -0.4 is 5.32 Å². The molecule has 5 heteroatoms. The summed E-state index contributed by atoms with van der Waals surface area (Å²) in [5, 5.41) is 17.0. The minimum atomic E-state index is -0.472. The van der Waals surface area contributed by atoms with Crippen molar-refractivity contribution in [1.82, 2.24) is 10.2 Å². The Balaban J connectivity index is 1.56. The van der Waals surface area contributed by atoms with Crippen molar-refractivity contribution < 1.29 is 4.79 Å². The van der Waals surface area contributed by atoms with Gasteiger partial charge in [-0.25, -0.2) is 4.79 Å². The molecule has 1 aromatic carbocycles. The summed E-state index contributed by atoms with van der Waals surface area (Å²) in [7, 11) is 0. The number of thiophene rings is 1. The summed E-state index contributed by atoms with van der Waals surface area (Å²) in [5.74, 6) is 0. The number of likely N-dealkylation sites (tertiary alicyclic amines) is 1. The molecule has 1 aliphatic rings. The van der Waals surface area contributed by atoms with E-state index in [-0.39, 0.29) is 12.1 Å². The number of urea groups is 1. The highest BCUT2D eigenvalue weighted by Gasteiger charge is 2.37. The standard InChI is InChI=1S/C20H23N3OS/c1-16(13-17-7-12-25-14-17)22-19(24)23-10-8-20(15-21,9-11-23)18-5-3-2-4-6-18/h2-7,12,14,16H,8-11,13H2,1H3,(H,22,24). The van der Waals surface area contributed by atoms with E-state index in [1.54, 1.807) is 11.3 Å². The van der Waals surface area contributed by atoms with Gasteiger partial charge in [-0.15, -0.1) is 0 Å². The molecule has 0 spiro atoms. The summed E-state index contributed by atoms with van der Waals surface area (Å²) in [6, 6.07) is 14.6. The topological polar surface area (TPSA) is 56.1 Å². The first-order valence-corrected chi connectivity index (χ1v) is 9.60. The van der Waals surface area contributed by atoms with Crippen molar-refractivity contribution in [1.29, 1.82) is 5.26 Å². The van der Waals surface area contributed by atoms with Crippen LogP contribution in [0, 0.1) is 11.3 Å². The van der Waals surface area contributed by atoms with Crippen molar-refractivity contribution in [3.63, 3.8) is 0 Å². The van der Waals surface area contributed by atoms with Crippen LogP contribution in [0.1, 0.15) is 30.9 Å². The number of nitrogens with one attached hydrogen (secondary N) is 1. The molecule has 1 fully saturated rings. The number of hydrogen-bond acceptors (Lipinski definition) is 3. The van der Waals surface area contributed by atoms with E-state index < -0.39 is 5.41 Å². The molecule has 1 unspecified atom stereocenters. The van der Waals surface area contributed by atoms with Crippen LogP contribution in [0.3, 0.4) is 0 Å². The molecule has 1 saturated heterocycles. The van der Waals surface area contributed by atoms with Crippen LogP contribution in [0.5, 0.6) is 0 Å². The smallest absolute Gasteiger partial charge is 0.317 e. The zero-order chi connectivity index (χ0) is 17.7. The van der Waals surface area contributed by atoms with Gasteiger partial charge in [0.25, 0.3) is 0 Å². The maximum atomic E-state index is 12.5. The molecule has 25 heavy (non-hydrogen) atoms. The lowest BCUT2D eigenvalue weighted by Gasteiger charge is -2.38. The first kappa shape index (κ1) is 17.5. The number of hydrogen-bond donors (Lipinski definition) is 1. The van der Waals surface area contributed by atoms with Gasteiger partial charge in [0.1, 0.15) is 0 Å². The minimum Gasteiger partial charge on any atom is -0.335 e. The normalized spacial score (nSPS) is 17.5. The molecule has 2 amide bonds. The van der Waals surface area contributed by atoms with Gasteiger partial charge in [-0.1, -0.05) is 30.3 Å². The molecule has 2 aromatic rings. The third kappa shape index (κ3) is 4.02. The Morgan fingerprint density at radius 3 is 2.64 bits per heavy atom. The quantitative estimate of drug-likeness (QED) is 0.905. The lowest BCUT2D eigenvalue weighted by molar-refractivity contribution is 0.168. The predicted octanol–water partition coefficient (Wildman–Crippen LogP) is 3.95. The van der Waals surface area contributed by atoms with Crippen LogP contribution >= 0.6 is 11.3 Å². The number of amides is 2. The molecule has 0 aliphatic carbocycles. The highest BCUT2D eigenvalue weighted by Crippen LogP contribution is 2.34. The minimum absolute atomic E-state index is 0.0256. The largest absolute Gasteiger partial charge is 0.335 e. The Kier molecular flexibility index (Phi) is 5.40. The lowest BCUT2D eigenvalue weighted by atomic mass is 9.74. The second-order valence-electron chi connectivity index (χ2n) is 6.73. The summed E-state index contributed by atoms with van der Waals surface area (Å²) in [6.07, 6.45) is 2.20. The van der Waals surface area contributed by atoms with Crippen molar-refractivity contribution in [3.05, 3.63) is 58.3 Å². The number of nitrogens with zero attached hydrogens (tertiary/aromatic N) is 2. The summed E-state index contributed by atoms with van der Waals surface area (Å²) in [4.78, 5) is 14.3. The molecule has 1 aromatic heterocycles. The number of benzene rings is 1. The van der Waals surface area contributed by atoms with E-state index in [9.17, 15) is 10.1 Å². The molecular formula is C20H23N3OS. The fourth-order valence-corrected chi connectivity index (χ4v) is 4.11. The molecule has 0 saturated carbocycles. The van der Waals surface area contributed by atoms with Crippen LogP contribution in [0.15, 0.2) is 47.2 Å². The molecule has 4 nitrogen and oxygen atoms in total. The fourth-order valence-electron chi connectivity index (χ4n) is 3.43. The van der Waals surface area contributed by atoms with E-state index in [4.69, 9.17) is 0 Å². The summed E-state index contributed by atoms with van der Waals surface area (Å²) in [5.41, 5.74) is 1.84. The highest BCUT2D eigenvalue weighted by atomic mass is 32.1. The number of carbonyl (C=O) groups excluding carboxylic acids is 1. The van der Waals surface area contributed by atoms with Gasteiger partial charge in [0.15, 0.2) is 0 Å². The summed E-state index contributed by atoms with van der Waals surface area (Å²) >= 11 is 1.67. The Morgan fingerprint density at radius 2 is 2.04 bits per heavy atom. The predicted molar refractivity (Wildman–Crippen MR) is 101 cm³/mol. The van der Waals surface area contributed by atoms with Crippen LogP contribution in [-0.4, -0.2) is 30.1 Å². The van der Waals surface area contributed by atoms with Crippen LogP contribution in [-0.2, 0) is 11.8 Å². The van der Waals surface area contributed by atoms with Crippen molar-refractivity contribution in [2.75, 3.05) is 13.1 Å². The maximum Gasteiger partial charge on any atom is 0.317 e. The van der Waals surface area contributed by atoms with Gasteiger partial charge < -0.3 is 10.2 Å². The lowest BCUT2D eigenvalue weighted by Crippen LogP contribution is -2.50. The SMILES string of the molecule is CC(Cc1ccsc1)NC(=O)N1CCC(C#N)(c2ccccc2)CC1. The third-order valence-electron chi connectivity index (χ3n) is 4.94. The van der Waals surface area contributed by atoms with Crippen molar-refractivity contribution in [2.45, 2.75) is 37.6 Å². The first-order valence-electron chi connectivity index (χ1n) is 8.66. The average Bonchev–Trinajstić information content (AvgIpc) is 3.15. The molecule has 1 atom stereocenters. The zero-order valence-corrected chi connectivity index (χ0v) is 15.3. The molecule has 1 aliphatic heterocycles. The Hall–Kier alpha value is -2.32. The second kappa shape index (κ2) is 7.71. The molecule has 2 heterocycles. The number of nitriles is 1. The van der Waals surface area contributed by atoms with Gasteiger partial charge in [-0.05, 0) is 54.1 Å². The van der Waals surface area contributed by atoms with Gasteiger partial charge in [0.2, 0.25) is 0 Å². The van der Waals surface area contributed by atoms with Crippen molar-refractivity contribution in [2.24, 2.45) is 0 Å². The molecule has 1 N–H and O–H groups in total. The maximum absolute atomic E-state index is 12.5.